The molecule has 3 aromatic rings. The van der Waals surface area contributed by atoms with Gasteiger partial charge in [-0.2, -0.15) is 0 Å². The van der Waals surface area contributed by atoms with Crippen LogP contribution in [0.1, 0.15) is 129 Å². The van der Waals surface area contributed by atoms with Crippen molar-refractivity contribution in [3.8, 4) is 11.4 Å². The van der Waals surface area contributed by atoms with E-state index in [0.717, 1.165) is 37.1 Å². The number of methoxy groups -OCH3 is 1. The molecule has 0 bridgehead atoms. The molecule has 0 spiro atoms. The lowest BCUT2D eigenvalue weighted by atomic mass is 10.0. The molecule has 1 amide bonds. The van der Waals surface area contributed by atoms with E-state index in [0.29, 0.717) is 36.1 Å². The standard InChI is InChI=1S/C36H53N3O3/c1-5-8-10-11-12-13-14-15-16-17-18-23-34(40)38(28-9-6-2)33(7-3)35-37-32-22-20-19-21-31(32)36(41)39(35)29-24-26-30(42-4)27-25-29/h19-22,24-27,33H,5-18,23,28H2,1-4H3. The molecule has 3 rings (SSSR count). The normalized spacial score (nSPS) is 12.0. The van der Waals surface area contributed by atoms with Crippen molar-refractivity contribution in [3.05, 3.63) is 64.7 Å². The highest BCUT2D eigenvalue weighted by atomic mass is 16.5. The molecule has 230 valence electrons. The Morgan fingerprint density at radius 2 is 1.40 bits per heavy atom. The molecule has 6 nitrogen and oxygen atoms in total. The number of fused-ring (bicyclic) bond motifs is 1. The highest BCUT2D eigenvalue weighted by Gasteiger charge is 2.28. The third-order valence-electron chi connectivity index (χ3n) is 8.26. The van der Waals surface area contributed by atoms with E-state index < -0.39 is 0 Å². The Morgan fingerprint density at radius 3 is 2.00 bits per heavy atom. The molecular formula is C36H53N3O3. The van der Waals surface area contributed by atoms with Crippen molar-refractivity contribution in [2.75, 3.05) is 13.7 Å². The number of rotatable bonds is 20. The van der Waals surface area contributed by atoms with Crippen LogP contribution in [-0.4, -0.2) is 34.0 Å². The maximum absolute atomic E-state index is 13.9. The molecule has 1 atom stereocenters. The van der Waals surface area contributed by atoms with Crippen molar-refractivity contribution in [1.29, 1.82) is 0 Å². The Kier molecular flexibility index (Phi) is 14.6. The molecule has 6 heteroatoms. The molecule has 1 aromatic heterocycles. The summed E-state index contributed by atoms with van der Waals surface area (Å²) in [7, 11) is 1.63. The van der Waals surface area contributed by atoms with Gasteiger partial charge in [0.1, 0.15) is 11.6 Å². The van der Waals surface area contributed by atoms with Gasteiger partial charge in [0.2, 0.25) is 5.91 Å². The van der Waals surface area contributed by atoms with Crippen LogP contribution in [0.2, 0.25) is 0 Å². The summed E-state index contributed by atoms with van der Waals surface area (Å²) >= 11 is 0. The van der Waals surface area contributed by atoms with Crippen molar-refractivity contribution < 1.29 is 9.53 Å². The van der Waals surface area contributed by atoms with Gasteiger partial charge in [-0.25, -0.2) is 4.98 Å². The van der Waals surface area contributed by atoms with Crippen LogP contribution >= 0.6 is 0 Å². The van der Waals surface area contributed by atoms with Crippen LogP contribution < -0.4 is 10.3 Å². The van der Waals surface area contributed by atoms with Crippen molar-refractivity contribution in [3.63, 3.8) is 0 Å². The number of nitrogens with zero attached hydrogens (tertiary/aromatic N) is 3. The first-order valence-electron chi connectivity index (χ1n) is 16.5. The number of hydrogen-bond acceptors (Lipinski definition) is 4. The van der Waals surface area contributed by atoms with Crippen molar-refractivity contribution in [1.82, 2.24) is 14.5 Å². The molecule has 0 aliphatic heterocycles. The predicted octanol–water partition coefficient (Wildman–Crippen LogP) is 9.18. The molecule has 0 fully saturated rings. The van der Waals surface area contributed by atoms with Crippen LogP contribution in [0.4, 0.5) is 0 Å². The van der Waals surface area contributed by atoms with Gasteiger partial charge in [0.25, 0.3) is 5.56 Å². The number of amides is 1. The minimum Gasteiger partial charge on any atom is -0.497 e. The van der Waals surface area contributed by atoms with Crippen molar-refractivity contribution >= 4 is 16.8 Å². The Labute approximate surface area is 253 Å². The van der Waals surface area contributed by atoms with Gasteiger partial charge in [-0.15, -0.1) is 0 Å². The highest BCUT2D eigenvalue weighted by Crippen LogP contribution is 2.28. The molecule has 0 aliphatic carbocycles. The molecule has 0 aliphatic rings. The largest absolute Gasteiger partial charge is 0.497 e. The number of para-hydroxylation sites is 1. The number of hydrogen-bond donors (Lipinski definition) is 0. The number of unbranched alkanes of at least 4 members (excludes halogenated alkanes) is 11. The molecule has 0 saturated heterocycles. The predicted molar refractivity (Wildman–Crippen MR) is 175 cm³/mol. The highest BCUT2D eigenvalue weighted by molar-refractivity contribution is 5.79. The molecule has 0 N–H and O–H groups in total. The number of benzene rings is 2. The van der Waals surface area contributed by atoms with Crippen molar-refractivity contribution in [2.24, 2.45) is 0 Å². The van der Waals surface area contributed by atoms with Crippen LogP contribution in [0.5, 0.6) is 5.75 Å². The molecule has 0 radical (unpaired) electrons. The Balaban J connectivity index is 1.77. The molecule has 1 heterocycles. The first-order chi connectivity index (χ1) is 20.5. The topological polar surface area (TPSA) is 64.4 Å². The van der Waals surface area contributed by atoms with E-state index in [2.05, 4.69) is 20.8 Å². The van der Waals surface area contributed by atoms with Gasteiger partial charge >= 0.3 is 0 Å². The zero-order chi connectivity index (χ0) is 30.2. The first kappa shape index (κ1) is 33.4. The van der Waals surface area contributed by atoms with Crippen LogP contribution in [0.25, 0.3) is 16.6 Å². The summed E-state index contributed by atoms with van der Waals surface area (Å²) in [4.78, 5) is 34.7. The van der Waals surface area contributed by atoms with Crippen molar-refractivity contribution in [2.45, 2.75) is 123 Å². The van der Waals surface area contributed by atoms with Crippen LogP contribution in [0.3, 0.4) is 0 Å². The van der Waals surface area contributed by atoms with Gasteiger partial charge in [0, 0.05) is 13.0 Å². The average Bonchev–Trinajstić information content (AvgIpc) is 3.02. The number of ether oxygens (including phenoxy) is 1. The third kappa shape index (κ3) is 9.43. The lowest BCUT2D eigenvalue weighted by Crippen LogP contribution is -2.39. The average molecular weight is 576 g/mol. The number of carbonyl (C=O) groups is 1. The van der Waals surface area contributed by atoms with E-state index in [-0.39, 0.29) is 17.5 Å². The van der Waals surface area contributed by atoms with Crippen LogP contribution in [-0.2, 0) is 4.79 Å². The Hall–Kier alpha value is -3.15. The first-order valence-corrected chi connectivity index (χ1v) is 16.5. The molecule has 42 heavy (non-hydrogen) atoms. The molecule has 0 saturated carbocycles. The van der Waals surface area contributed by atoms with Gasteiger partial charge in [0.05, 0.1) is 29.7 Å². The smallest absolute Gasteiger partial charge is 0.266 e. The van der Waals surface area contributed by atoms with Gasteiger partial charge in [-0.05, 0) is 55.7 Å². The minimum absolute atomic E-state index is 0.118. The van der Waals surface area contributed by atoms with E-state index in [9.17, 15) is 9.59 Å². The second-order valence-electron chi connectivity index (χ2n) is 11.5. The maximum atomic E-state index is 13.9. The minimum atomic E-state index is -0.295. The summed E-state index contributed by atoms with van der Waals surface area (Å²) in [5.74, 6) is 1.51. The fourth-order valence-electron chi connectivity index (χ4n) is 5.76. The fourth-order valence-corrected chi connectivity index (χ4v) is 5.76. The summed E-state index contributed by atoms with van der Waals surface area (Å²) in [6.45, 7) is 7.16. The van der Waals surface area contributed by atoms with Gasteiger partial charge in [0.15, 0.2) is 0 Å². The van der Waals surface area contributed by atoms with Crippen LogP contribution in [0, 0.1) is 0 Å². The van der Waals surface area contributed by atoms with Gasteiger partial charge in [-0.1, -0.05) is 104 Å². The van der Waals surface area contributed by atoms with E-state index in [4.69, 9.17) is 9.72 Å². The summed E-state index contributed by atoms with van der Waals surface area (Å²) in [5, 5.41) is 0.569. The lowest BCUT2D eigenvalue weighted by molar-refractivity contribution is -0.134. The Morgan fingerprint density at radius 1 is 0.810 bits per heavy atom. The number of carbonyl (C=O) groups excluding carboxylic acids is 1. The maximum Gasteiger partial charge on any atom is 0.266 e. The van der Waals surface area contributed by atoms with Crippen LogP contribution in [0.15, 0.2) is 53.3 Å². The lowest BCUT2D eigenvalue weighted by Gasteiger charge is -2.32. The summed E-state index contributed by atoms with van der Waals surface area (Å²) in [5.41, 5.74) is 1.27. The summed E-state index contributed by atoms with van der Waals surface area (Å²) in [6, 6.07) is 14.7. The quantitative estimate of drug-likeness (QED) is 0.126. The third-order valence-corrected chi connectivity index (χ3v) is 8.26. The summed E-state index contributed by atoms with van der Waals surface area (Å²) in [6.07, 6.45) is 17.0. The fraction of sp³-hybridized carbons (Fsp3) is 0.583. The van der Waals surface area contributed by atoms with E-state index >= 15 is 0 Å². The second-order valence-corrected chi connectivity index (χ2v) is 11.5. The van der Waals surface area contributed by atoms with E-state index in [1.54, 1.807) is 11.7 Å². The SMILES string of the molecule is CCCCCCCCCCCCCC(=O)N(CCCC)C(CC)c1nc2ccccc2c(=O)n1-c1ccc(OC)cc1. The van der Waals surface area contributed by atoms with E-state index in [1.807, 2.05) is 53.4 Å². The zero-order valence-electron chi connectivity index (χ0n) is 26.6. The molecule has 2 aromatic carbocycles. The monoisotopic (exact) mass is 575 g/mol. The van der Waals surface area contributed by atoms with E-state index in [1.165, 1.54) is 57.8 Å². The summed E-state index contributed by atoms with van der Waals surface area (Å²) < 4.78 is 7.05. The zero-order valence-corrected chi connectivity index (χ0v) is 26.6. The second kappa shape index (κ2) is 18.4. The van der Waals surface area contributed by atoms with Gasteiger partial charge < -0.3 is 9.64 Å². The molecule has 1 unspecified atom stereocenters. The number of aromatic nitrogens is 2. The Bertz CT molecular complexity index is 1270. The molecular weight excluding hydrogens is 522 g/mol. The van der Waals surface area contributed by atoms with Gasteiger partial charge in [-0.3, -0.25) is 14.2 Å².